The van der Waals surface area contributed by atoms with E-state index in [1.807, 2.05) is 4.57 Å². The fourth-order valence-electron chi connectivity index (χ4n) is 4.17. The van der Waals surface area contributed by atoms with Crippen LogP contribution in [0.5, 0.6) is 0 Å². The first-order chi connectivity index (χ1) is 15.5. The molecule has 0 aliphatic heterocycles. The zero-order valence-corrected chi connectivity index (χ0v) is 18.1. The molecule has 5 rings (SSSR count). The summed E-state index contributed by atoms with van der Waals surface area (Å²) >= 11 is 0. The van der Waals surface area contributed by atoms with Crippen LogP contribution in [0.2, 0.25) is 0 Å². The maximum Gasteiger partial charge on any atom is 0.418 e. The molecular weight excluding hydrogens is 465 g/mol. The molecule has 3 aromatic rings. The quantitative estimate of drug-likeness (QED) is 0.482. The number of benzene rings is 1. The average molecular weight is 485 g/mol. The molecule has 2 aliphatic carbocycles. The summed E-state index contributed by atoms with van der Waals surface area (Å²) in [6, 6.07) is 2.78. The van der Waals surface area contributed by atoms with Gasteiger partial charge in [-0.15, -0.1) is 0 Å². The first-order valence-electron chi connectivity index (χ1n) is 10.6. The highest BCUT2D eigenvalue weighted by atomic mass is 32.2. The molecule has 0 amide bonds. The lowest BCUT2D eigenvalue weighted by Crippen LogP contribution is -2.26. The van der Waals surface area contributed by atoms with E-state index in [9.17, 15) is 26.0 Å². The van der Waals surface area contributed by atoms with Crippen molar-refractivity contribution in [3.05, 3.63) is 53.4 Å². The van der Waals surface area contributed by atoms with E-state index in [0.29, 0.717) is 41.6 Å². The van der Waals surface area contributed by atoms with E-state index < -0.39 is 49.9 Å². The number of sulfonamides is 1. The molecule has 5 nitrogen and oxygen atoms in total. The second-order valence-corrected chi connectivity index (χ2v) is 10.7. The number of nitrogens with zero attached hydrogens (tertiary/aromatic N) is 2. The third kappa shape index (κ3) is 4.12. The van der Waals surface area contributed by atoms with Crippen molar-refractivity contribution in [3.8, 4) is 11.3 Å². The fraction of sp³-hybridized carbons (Fsp3) is 0.409. The molecule has 176 valence electrons. The Kier molecular flexibility index (Phi) is 5.24. The van der Waals surface area contributed by atoms with Gasteiger partial charge in [-0.05, 0) is 55.9 Å². The standard InChI is InChI=1S/C22H20F5N3O2S/c23-13-6-18(22(25,26)27)21(28-10-13)17-8-20-16(7-19(17)24)12(11-30(20)14-2-1-3-14)9-29-33(31,32)15-4-5-15/h6-8,10-11,14-15,29H,1-5,9H2. The van der Waals surface area contributed by atoms with Crippen LogP contribution in [0.3, 0.4) is 0 Å². The molecule has 1 N–H and O–H groups in total. The van der Waals surface area contributed by atoms with E-state index in [2.05, 4.69) is 9.71 Å². The minimum atomic E-state index is -4.92. The molecule has 2 aliphatic rings. The largest absolute Gasteiger partial charge is 0.418 e. The number of halogens is 5. The summed E-state index contributed by atoms with van der Waals surface area (Å²) in [4.78, 5) is 3.56. The fourth-order valence-corrected chi connectivity index (χ4v) is 5.52. The smallest absolute Gasteiger partial charge is 0.344 e. The number of alkyl halides is 3. The van der Waals surface area contributed by atoms with Crippen molar-refractivity contribution < 1.29 is 30.4 Å². The van der Waals surface area contributed by atoms with Gasteiger partial charge in [0.2, 0.25) is 10.0 Å². The zero-order valence-electron chi connectivity index (χ0n) is 17.3. The van der Waals surface area contributed by atoms with E-state index in [0.717, 1.165) is 25.3 Å². The Hall–Kier alpha value is -2.53. The van der Waals surface area contributed by atoms with Crippen LogP contribution < -0.4 is 4.72 Å². The van der Waals surface area contributed by atoms with Gasteiger partial charge in [-0.3, -0.25) is 4.98 Å². The normalized spacial score (nSPS) is 17.5. The Morgan fingerprint density at radius 2 is 1.82 bits per heavy atom. The van der Waals surface area contributed by atoms with Crippen molar-refractivity contribution in [3.63, 3.8) is 0 Å². The van der Waals surface area contributed by atoms with Crippen LogP contribution in [0.25, 0.3) is 22.2 Å². The van der Waals surface area contributed by atoms with E-state index in [4.69, 9.17) is 0 Å². The zero-order chi connectivity index (χ0) is 23.5. The van der Waals surface area contributed by atoms with Crippen LogP contribution in [0.4, 0.5) is 22.0 Å². The molecule has 11 heteroatoms. The first-order valence-corrected chi connectivity index (χ1v) is 12.1. The highest BCUT2D eigenvalue weighted by Crippen LogP contribution is 2.41. The van der Waals surface area contributed by atoms with Gasteiger partial charge < -0.3 is 4.57 Å². The predicted molar refractivity (Wildman–Crippen MR) is 112 cm³/mol. The maximum atomic E-state index is 15.1. The lowest BCUT2D eigenvalue weighted by Gasteiger charge is -2.28. The SMILES string of the molecule is O=S(=O)(NCc1cn(C2CCC2)c2cc(-c3ncc(F)cc3C(F)(F)F)c(F)cc12)C1CC1. The van der Waals surface area contributed by atoms with Crippen LogP contribution in [-0.4, -0.2) is 23.2 Å². The summed E-state index contributed by atoms with van der Waals surface area (Å²) in [5.74, 6) is -2.12. The van der Waals surface area contributed by atoms with Crippen molar-refractivity contribution in [2.24, 2.45) is 0 Å². The highest BCUT2D eigenvalue weighted by Gasteiger charge is 2.37. The third-order valence-corrected chi connectivity index (χ3v) is 8.21. The van der Waals surface area contributed by atoms with Gasteiger partial charge in [0.25, 0.3) is 0 Å². The first kappa shape index (κ1) is 22.3. The minimum absolute atomic E-state index is 0.0452. The topological polar surface area (TPSA) is 64.0 Å². The molecule has 0 bridgehead atoms. The Morgan fingerprint density at radius 3 is 2.42 bits per heavy atom. The summed E-state index contributed by atoms with van der Waals surface area (Å²) in [5, 5.41) is 0.00322. The molecule has 0 unspecified atom stereocenters. The van der Waals surface area contributed by atoms with E-state index in [-0.39, 0.29) is 12.6 Å². The number of fused-ring (bicyclic) bond motifs is 1. The van der Waals surface area contributed by atoms with Gasteiger partial charge in [-0.25, -0.2) is 21.9 Å². The van der Waals surface area contributed by atoms with Gasteiger partial charge in [-0.1, -0.05) is 0 Å². The van der Waals surface area contributed by atoms with Gasteiger partial charge in [0, 0.05) is 35.2 Å². The highest BCUT2D eigenvalue weighted by molar-refractivity contribution is 7.90. The molecule has 1 aromatic carbocycles. The molecular formula is C22H20F5N3O2S. The lowest BCUT2D eigenvalue weighted by molar-refractivity contribution is -0.137. The Morgan fingerprint density at radius 1 is 1.09 bits per heavy atom. The van der Waals surface area contributed by atoms with Gasteiger partial charge in [0.15, 0.2) is 0 Å². The predicted octanol–water partition coefficient (Wildman–Crippen LogP) is 5.31. The Balaban J connectivity index is 1.63. The number of aromatic nitrogens is 2. The monoisotopic (exact) mass is 485 g/mol. The van der Waals surface area contributed by atoms with Crippen LogP contribution in [0.1, 0.15) is 49.3 Å². The molecule has 2 fully saturated rings. The minimum Gasteiger partial charge on any atom is -0.344 e. The Bertz CT molecular complexity index is 1340. The lowest BCUT2D eigenvalue weighted by atomic mass is 9.92. The summed E-state index contributed by atoms with van der Waals surface area (Å²) in [7, 11) is -3.47. The molecule has 33 heavy (non-hydrogen) atoms. The summed E-state index contributed by atoms with van der Waals surface area (Å²) in [5.41, 5.74) is -1.43. The number of pyridine rings is 1. The van der Waals surface area contributed by atoms with Crippen LogP contribution in [-0.2, 0) is 22.7 Å². The number of hydrogen-bond acceptors (Lipinski definition) is 3. The second-order valence-electron chi connectivity index (χ2n) is 8.61. The number of hydrogen-bond donors (Lipinski definition) is 1. The van der Waals surface area contributed by atoms with Gasteiger partial charge in [0.05, 0.1) is 22.7 Å². The molecule has 2 saturated carbocycles. The van der Waals surface area contributed by atoms with Crippen molar-refractivity contribution >= 4 is 20.9 Å². The molecule has 0 spiro atoms. The summed E-state index contributed by atoms with van der Waals surface area (Å²) in [6.07, 6.45) is 1.33. The van der Waals surface area contributed by atoms with Crippen molar-refractivity contribution in [2.45, 2.75) is 56.1 Å². The van der Waals surface area contributed by atoms with E-state index in [1.54, 1.807) is 6.20 Å². The summed E-state index contributed by atoms with van der Waals surface area (Å²) in [6.45, 7) is -0.0452. The van der Waals surface area contributed by atoms with E-state index >= 15 is 4.39 Å². The average Bonchev–Trinajstić information content (AvgIpc) is 3.50. The van der Waals surface area contributed by atoms with Crippen LogP contribution in [0, 0.1) is 11.6 Å². The third-order valence-electron chi connectivity index (χ3n) is 6.31. The molecule has 0 atom stereocenters. The maximum absolute atomic E-state index is 15.1. The number of nitrogens with one attached hydrogen (secondary N) is 1. The van der Waals surface area contributed by atoms with Crippen molar-refractivity contribution in [1.29, 1.82) is 0 Å². The molecule has 0 radical (unpaired) electrons. The van der Waals surface area contributed by atoms with E-state index in [1.165, 1.54) is 6.07 Å². The van der Waals surface area contributed by atoms with Crippen molar-refractivity contribution in [2.75, 3.05) is 0 Å². The molecule has 2 aromatic heterocycles. The van der Waals surface area contributed by atoms with Gasteiger partial charge >= 0.3 is 6.18 Å². The van der Waals surface area contributed by atoms with Gasteiger partial charge in [0.1, 0.15) is 11.6 Å². The van der Waals surface area contributed by atoms with Crippen LogP contribution >= 0.6 is 0 Å². The summed E-state index contributed by atoms with van der Waals surface area (Å²) < 4.78 is 98.1. The molecule has 2 heterocycles. The molecule has 0 saturated heterocycles. The number of rotatable bonds is 6. The van der Waals surface area contributed by atoms with Crippen molar-refractivity contribution in [1.82, 2.24) is 14.3 Å². The van der Waals surface area contributed by atoms with Gasteiger partial charge in [-0.2, -0.15) is 13.2 Å². The second kappa shape index (κ2) is 7.76. The van der Waals surface area contributed by atoms with Crippen LogP contribution in [0.15, 0.2) is 30.6 Å². The Labute approximate surface area is 186 Å².